The van der Waals surface area contributed by atoms with Crippen molar-refractivity contribution in [3.8, 4) is 0 Å². The van der Waals surface area contributed by atoms with E-state index in [0.717, 1.165) is 40.7 Å². The lowest BCUT2D eigenvalue weighted by Gasteiger charge is -2.26. The van der Waals surface area contributed by atoms with Gasteiger partial charge in [0.2, 0.25) is 15.9 Å². The van der Waals surface area contributed by atoms with Crippen molar-refractivity contribution in [3.05, 3.63) is 59.7 Å². The first kappa shape index (κ1) is 23.6. The van der Waals surface area contributed by atoms with Gasteiger partial charge in [0.1, 0.15) is 6.54 Å². The Morgan fingerprint density at radius 2 is 1.74 bits per heavy atom. The molecule has 1 fully saturated rings. The number of nitrogens with zero attached hydrogens (tertiary/aromatic N) is 2. The molecule has 0 spiro atoms. The summed E-state index contributed by atoms with van der Waals surface area (Å²) < 4.78 is 25.7. The Morgan fingerprint density at radius 1 is 1.06 bits per heavy atom. The minimum absolute atomic E-state index is 0.246. The van der Waals surface area contributed by atoms with Crippen molar-refractivity contribution in [3.63, 3.8) is 0 Å². The molecule has 168 valence electrons. The molecule has 1 saturated heterocycles. The van der Waals surface area contributed by atoms with Gasteiger partial charge in [0, 0.05) is 18.0 Å². The Bertz CT molecular complexity index is 972. The van der Waals surface area contributed by atoms with Crippen molar-refractivity contribution < 1.29 is 13.2 Å². The van der Waals surface area contributed by atoms with Crippen LogP contribution < -0.4 is 9.62 Å². The fourth-order valence-corrected chi connectivity index (χ4v) is 4.99. The van der Waals surface area contributed by atoms with Gasteiger partial charge in [0.05, 0.1) is 11.9 Å². The van der Waals surface area contributed by atoms with Crippen molar-refractivity contribution >= 4 is 33.4 Å². The van der Waals surface area contributed by atoms with Crippen LogP contribution in [0.3, 0.4) is 0 Å². The molecule has 0 radical (unpaired) electrons. The number of amides is 1. The van der Waals surface area contributed by atoms with Crippen LogP contribution in [0.4, 0.5) is 5.69 Å². The number of piperidine rings is 1. The summed E-state index contributed by atoms with van der Waals surface area (Å²) in [5.74, 6) is -0.336. The number of nitrogens with one attached hydrogen (secondary N) is 1. The average molecular weight is 462 g/mol. The Hall–Kier alpha value is -2.03. The minimum atomic E-state index is -3.58. The fraction of sp³-hybridized carbons (Fsp3) is 0.435. The lowest BCUT2D eigenvalue weighted by molar-refractivity contribution is -0.119. The van der Waals surface area contributed by atoms with E-state index < -0.39 is 10.0 Å². The molecule has 1 aliphatic heterocycles. The molecule has 0 aliphatic carbocycles. The first-order valence-corrected chi connectivity index (χ1v) is 13.6. The van der Waals surface area contributed by atoms with E-state index in [1.165, 1.54) is 36.6 Å². The third-order valence-electron chi connectivity index (χ3n) is 5.40. The van der Waals surface area contributed by atoms with E-state index in [2.05, 4.69) is 22.3 Å². The lowest BCUT2D eigenvalue weighted by atomic mass is 10.1. The molecule has 1 amide bonds. The molecule has 0 aromatic heterocycles. The first-order chi connectivity index (χ1) is 14.8. The number of likely N-dealkylation sites (tertiary alicyclic amines) is 1. The largest absolute Gasteiger partial charge is 0.350 e. The van der Waals surface area contributed by atoms with Gasteiger partial charge in [0.15, 0.2) is 0 Å². The molecule has 1 aliphatic rings. The van der Waals surface area contributed by atoms with Crippen LogP contribution in [0.15, 0.2) is 53.4 Å². The van der Waals surface area contributed by atoms with Crippen LogP contribution in [0.1, 0.15) is 30.4 Å². The molecule has 0 bridgehead atoms. The summed E-state index contributed by atoms with van der Waals surface area (Å²) in [7, 11) is -3.58. The van der Waals surface area contributed by atoms with Crippen LogP contribution in [-0.4, -0.2) is 51.4 Å². The highest BCUT2D eigenvalue weighted by atomic mass is 32.2. The SMILES string of the molecule is CSc1cccc(N(CC(=O)NCc2ccc(CN3CCCCC3)cc2)S(C)(=O)=O)c1. The van der Waals surface area contributed by atoms with Crippen molar-refractivity contribution in [2.24, 2.45) is 0 Å². The molecule has 0 atom stereocenters. The fourth-order valence-electron chi connectivity index (χ4n) is 3.69. The minimum Gasteiger partial charge on any atom is -0.350 e. The highest BCUT2D eigenvalue weighted by Gasteiger charge is 2.21. The number of carbonyl (C=O) groups excluding carboxylic acids is 1. The third-order valence-corrected chi connectivity index (χ3v) is 7.26. The van der Waals surface area contributed by atoms with E-state index in [0.29, 0.717) is 12.2 Å². The maximum atomic E-state index is 12.5. The zero-order valence-electron chi connectivity index (χ0n) is 18.2. The van der Waals surface area contributed by atoms with E-state index in [9.17, 15) is 13.2 Å². The third kappa shape index (κ3) is 7.26. The van der Waals surface area contributed by atoms with Gasteiger partial charge in [-0.05, 0) is 61.5 Å². The summed E-state index contributed by atoms with van der Waals surface area (Å²) in [6.07, 6.45) is 6.92. The van der Waals surface area contributed by atoms with Crippen LogP contribution in [0, 0.1) is 0 Å². The Morgan fingerprint density at radius 3 is 2.39 bits per heavy atom. The van der Waals surface area contributed by atoms with Gasteiger partial charge in [0.25, 0.3) is 0 Å². The summed E-state index contributed by atoms with van der Waals surface area (Å²) in [6.45, 7) is 3.41. The highest BCUT2D eigenvalue weighted by molar-refractivity contribution is 7.98. The average Bonchev–Trinajstić information content (AvgIpc) is 2.77. The quantitative estimate of drug-likeness (QED) is 0.579. The molecule has 2 aromatic carbocycles. The smallest absolute Gasteiger partial charge is 0.241 e. The summed E-state index contributed by atoms with van der Waals surface area (Å²) >= 11 is 1.52. The number of benzene rings is 2. The van der Waals surface area contributed by atoms with Crippen molar-refractivity contribution in [2.75, 3.05) is 36.5 Å². The van der Waals surface area contributed by atoms with Crippen LogP contribution in [0.2, 0.25) is 0 Å². The zero-order chi connectivity index (χ0) is 22.3. The van der Waals surface area contributed by atoms with Crippen LogP contribution in [0.5, 0.6) is 0 Å². The van der Waals surface area contributed by atoms with Gasteiger partial charge < -0.3 is 5.32 Å². The first-order valence-electron chi connectivity index (χ1n) is 10.5. The monoisotopic (exact) mass is 461 g/mol. The number of hydrogen-bond acceptors (Lipinski definition) is 5. The second kappa shape index (κ2) is 11.0. The molecule has 0 saturated carbocycles. The maximum absolute atomic E-state index is 12.5. The number of carbonyl (C=O) groups is 1. The standard InChI is InChI=1S/C23H31N3O3S2/c1-30-22-8-6-7-21(15-22)26(31(2,28)29)18-23(27)24-16-19-9-11-20(12-10-19)17-25-13-4-3-5-14-25/h6-12,15H,3-5,13-14,16-18H2,1-2H3,(H,24,27). The summed E-state index contributed by atoms with van der Waals surface area (Å²) in [6, 6.07) is 15.4. The second-order valence-electron chi connectivity index (χ2n) is 7.90. The van der Waals surface area contributed by atoms with Gasteiger partial charge in [-0.2, -0.15) is 0 Å². The summed E-state index contributed by atoms with van der Waals surface area (Å²) in [5.41, 5.74) is 2.76. The molecule has 6 nitrogen and oxygen atoms in total. The van der Waals surface area contributed by atoms with E-state index in [1.807, 2.05) is 24.5 Å². The summed E-state index contributed by atoms with van der Waals surface area (Å²) in [4.78, 5) is 15.9. The molecule has 1 N–H and O–H groups in total. The van der Waals surface area contributed by atoms with E-state index >= 15 is 0 Å². The van der Waals surface area contributed by atoms with Crippen molar-refractivity contribution in [1.82, 2.24) is 10.2 Å². The normalized spacial score (nSPS) is 14.9. The van der Waals surface area contributed by atoms with Gasteiger partial charge in [-0.25, -0.2) is 8.42 Å². The van der Waals surface area contributed by atoms with Crippen LogP contribution >= 0.6 is 11.8 Å². The van der Waals surface area contributed by atoms with Gasteiger partial charge in [-0.15, -0.1) is 11.8 Å². The number of hydrogen-bond donors (Lipinski definition) is 1. The Kier molecular flexibility index (Phi) is 8.40. The van der Waals surface area contributed by atoms with Crippen molar-refractivity contribution in [2.45, 2.75) is 37.2 Å². The van der Waals surface area contributed by atoms with Gasteiger partial charge in [-0.3, -0.25) is 14.0 Å². The van der Waals surface area contributed by atoms with Crippen LogP contribution in [0.25, 0.3) is 0 Å². The van der Waals surface area contributed by atoms with E-state index in [-0.39, 0.29) is 12.5 Å². The predicted octanol–water partition coefficient (Wildman–Crippen LogP) is 3.48. The Balaban J connectivity index is 1.56. The number of thioether (sulfide) groups is 1. The summed E-state index contributed by atoms with van der Waals surface area (Å²) in [5, 5.41) is 2.84. The second-order valence-corrected chi connectivity index (χ2v) is 10.7. The molecule has 3 rings (SSSR count). The maximum Gasteiger partial charge on any atom is 0.241 e. The number of anilines is 1. The topological polar surface area (TPSA) is 69.7 Å². The van der Waals surface area contributed by atoms with Crippen molar-refractivity contribution in [1.29, 1.82) is 0 Å². The molecule has 8 heteroatoms. The lowest BCUT2D eigenvalue weighted by Crippen LogP contribution is -2.40. The predicted molar refractivity (Wildman–Crippen MR) is 128 cm³/mol. The number of sulfonamides is 1. The molecule has 1 heterocycles. The van der Waals surface area contributed by atoms with Gasteiger partial charge >= 0.3 is 0 Å². The molecular weight excluding hydrogens is 430 g/mol. The Labute approximate surface area is 190 Å². The zero-order valence-corrected chi connectivity index (χ0v) is 19.8. The molecule has 2 aromatic rings. The van der Waals surface area contributed by atoms with Crippen LogP contribution in [-0.2, 0) is 27.9 Å². The van der Waals surface area contributed by atoms with E-state index in [4.69, 9.17) is 0 Å². The van der Waals surface area contributed by atoms with E-state index in [1.54, 1.807) is 18.2 Å². The molecule has 31 heavy (non-hydrogen) atoms. The van der Waals surface area contributed by atoms with Gasteiger partial charge in [-0.1, -0.05) is 36.8 Å². The molecule has 0 unspecified atom stereocenters. The highest BCUT2D eigenvalue weighted by Crippen LogP contribution is 2.23. The molecular formula is C23H31N3O3S2. The number of rotatable bonds is 9.